The topological polar surface area (TPSA) is 55.6 Å². The molecule has 2 unspecified atom stereocenters. The van der Waals surface area contributed by atoms with Gasteiger partial charge < -0.3 is 15.4 Å². The van der Waals surface area contributed by atoms with Crippen molar-refractivity contribution in [3.05, 3.63) is 29.8 Å². The number of ether oxygens (including phenoxy) is 1. The lowest BCUT2D eigenvalue weighted by Crippen LogP contribution is -2.31. The highest BCUT2D eigenvalue weighted by molar-refractivity contribution is 5.77. The van der Waals surface area contributed by atoms with Gasteiger partial charge in [-0.15, -0.1) is 0 Å². The van der Waals surface area contributed by atoms with Crippen LogP contribution in [0, 0.1) is 0 Å². The number of amides is 1. The number of methoxy groups -OCH3 is 1. The zero-order chi connectivity index (χ0) is 14.5. The van der Waals surface area contributed by atoms with E-state index in [1.54, 1.807) is 7.11 Å². The first-order chi connectivity index (χ1) is 9.63. The summed E-state index contributed by atoms with van der Waals surface area (Å²) in [5.74, 6) is 1.07. The van der Waals surface area contributed by atoms with Crippen LogP contribution in [0.2, 0.25) is 0 Å². The van der Waals surface area contributed by atoms with E-state index in [0.29, 0.717) is 6.42 Å². The van der Waals surface area contributed by atoms with Crippen LogP contribution in [-0.2, 0) is 4.79 Å². The van der Waals surface area contributed by atoms with Crippen molar-refractivity contribution >= 4 is 5.91 Å². The number of carbonyl (C=O) groups excluding carboxylic acids is 1. The lowest BCUT2D eigenvalue weighted by Gasteiger charge is -2.26. The summed E-state index contributed by atoms with van der Waals surface area (Å²) < 4.78 is 5.43. The fourth-order valence-electron chi connectivity index (χ4n) is 2.83. The Morgan fingerprint density at radius 3 is 2.95 bits per heavy atom. The molecule has 1 fully saturated rings. The number of likely N-dealkylation sites (tertiary alicyclic amines) is 1. The predicted molar refractivity (Wildman–Crippen MR) is 79.6 cm³/mol. The van der Waals surface area contributed by atoms with Crippen LogP contribution in [0.4, 0.5) is 0 Å². The second-order valence-corrected chi connectivity index (χ2v) is 5.50. The minimum Gasteiger partial charge on any atom is -0.496 e. The first kappa shape index (κ1) is 14.9. The van der Waals surface area contributed by atoms with Gasteiger partial charge in [-0.2, -0.15) is 0 Å². The first-order valence-corrected chi connectivity index (χ1v) is 7.31. The van der Waals surface area contributed by atoms with Gasteiger partial charge in [0.2, 0.25) is 5.91 Å². The Balaban J connectivity index is 2.12. The molecule has 4 nitrogen and oxygen atoms in total. The SMILES string of the molecule is COc1ccccc1C1CCCN1C(=O)CCC(C)N. The van der Waals surface area contributed by atoms with E-state index in [-0.39, 0.29) is 18.0 Å². The summed E-state index contributed by atoms with van der Waals surface area (Å²) in [7, 11) is 1.68. The molecule has 20 heavy (non-hydrogen) atoms. The van der Waals surface area contributed by atoms with Crippen LogP contribution in [-0.4, -0.2) is 30.5 Å². The maximum Gasteiger partial charge on any atom is 0.223 e. The molecule has 0 aromatic heterocycles. The van der Waals surface area contributed by atoms with E-state index in [1.165, 1.54) is 0 Å². The normalized spacial score (nSPS) is 19.9. The van der Waals surface area contributed by atoms with E-state index >= 15 is 0 Å². The van der Waals surface area contributed by atoms with Gasteiger partial charge in [0, 0.05) is 24.6 Å². The summed E-state index contributed by atoms with van der Waals surface area (Å²) in [4.78, 5) is 14.3. The molecule has 1 aliphatic rings. The van der Waals surface area contributed by atoms with Crippen LogP contribution in [0.3, 0.4) is 0 Å². The first-order valence-electron chi connectivity index (χ1n) is 7.31. The lowest BCUT2D eigenvalue weighted by molar-refractivity contribution is -0.132. The second kappa shape index (κ2) is 6.75. The number of carbonyl (C=O) groups is 1. The van der Waals surface area contributed by atoms with Crippen molar-refractivity contribution < 1.29 is 9.53 Å². The number of benzene rings is 1. The molecule has 0 bridgehead atoms. The molecular formula is C16H24N2O2. The Labute approximate surface area is 120 Å². The van der Waals surface area contributed by atoms with Crippen molar-refractivity contribution in [1.29, 1.82) is 0 Å². The number of hydrogen-bond acceptors (Lipinski definition) is 3. The highest BCUT2D eigenvalue weighted by Crippen LogP contribution is 2.37. The summed E-state index contributed by atoms with van der Waals surface area (Å²) in [5.41, 5.74) is 6.85. The molecule has 1 aromatic rings. The quantitative estimate of drug-likeness (QED) is 0.899. The van der Waals surface area contributed by atoms with Gasteiger partial charge >= 0.3 is 0 Å². The van der Waals surface area contributed by atoms with Crippen LogP contribution in [0.25, 0.3) is 0 Å². The van der Waals surface area contributed by atoms with Gasteiger partial charge in [0.1, 0.15) is 5.75 Å². The number of rotatable bonds is 5. The average Bonchev–Trinajstić information content (AvgIpc) is 2.93. The summed E-state index contributed by atoms with van der Waals surface area (Å²) in [6, 6.07) is 8.19. The summed E-state index contributed by atoms with van der Waals surface area (Å²) >= 11 is 0. The Hall–Kier alpha value is -1.55. The fraction of sp³-hybridized carbons (Fsp3) is 0.562. The largest absolute Gasteiger partial charge is 0.496 e. The zero-order valence-electron chi connectivity index (χ0n) is 12.3. The van der Waals surface area contributed by atoms with E-state index in [9.17, 15) is 4.79 Å². The third-order valence-corrected chi connectivity index (χ3v) is 3.88. The Bertz CT molecular complexity index is 460. The number of nitrogens with zero attached hydrogens (tertiary/aromatic N) is 1. The second-order valence-electron chi connectivity index (χ2n) is 5.50. The van der Waals surface area contributed by atoms with Gasteiger partial charge in [0.25, 0.3) is 0 Å². The third kappa shape index (κ3) is 3.31. The average molecular weight is 276 g/mol. The van der Waals surface area contributed by atoms with Crippen molar-refractivity contribution in [1.82, 2.24) is 4.90 Å². The Morgan fingerprint density at radius 1 is 1.50 bits per heavy atom. The minimum absolute atomic E-state index is 0.0752. The predicted octanol–water partition coefficient (Wildman–Crippen LogP) is 2.49. The van der Waals surface area contributed by atoms with Gasteiger partial charge in [-0.05, 0) is 32.3 Å². The van der Waals surface area contributed by atoms with E-state index < -0.39 is 0 Å². The van der Waals surface area contributed by atoms with Gasteiger partial charge in [-0.1, -0.05) is 18.2 Å². The molecule has 1 saturated heterocycles. The highest BCUT2D eigenvalue weighted by Gasteiger charge is 2.31. The molecule has 1 aromatic carbocycles. The molecule has 0 radical (unpaired) electrons. The monoisotopic (exact) mass is 276 g/mol. The van der Waals surface area contributed by atoms with Crippen molar-refractivity contribution in [3.63, 3.8) is 0 Å². The maximum atomic E-state index is 12.4. The molecule has 0 saturated carbocycles. The molecule has 110 valence electrons. The summed E-state index contributed by atoms with van der Waals surface area (Å²) in [6.45, 7) is 2.77. The van der Waals surface area contributed by atoms with Crippen LogP contribution < -0.4 is 10.5 Å². The lowest BCUT2D eigenvalue weighted by atomic mass is 10.0. The van der Waals surface area contributed by atoms with Crippen molar-refractivity contribution in [3.8, 4) is 5.75 Å². The number of nitrogens with two attached hydrogens (primary N) is 1. The highest BCUT2D eigenvalue weighted by atomic mass is 16.5. The van der Waals surface area contributed by atoms with Crippen molar-refractivity contribution in [2.45, 2.75) is 44.7 Å². The van der Waals surface area contributed by atoms with Gasteiger partial charge in [0.15, 0.2) is 0 Å². The molecule has 0 aliphatic carbocycles. The molecule has 2 atom stereocenters. The number of para-hydroxylation sites is 1. The van der Waals surface area contributed by atoms with Crippen molar-refractivity contribution in [2.75, 3.05) is 13.7 Å². The molecular weight excluding hydrogens is 252 g/mol. The standard InChI is InChI=1S/C16H24N2O2/c1-12(17)9-10-16(19)18-11-5-7-14(18)13-6-3-4-8-15(13)20-2/h3-4,6,8,12,14H,5,7,9-11,17H2,1-2H3. The number of hydrogen-bond donors (Lipinski definition) is 1. The van der Waals surface area contributed by atoms with E-state index in [2.05, 4.69) is 6.07 Å². The molecule has 2 N–H and O–H groups in total. The van der Waals surface area contributed by atoms with Gasteiger partial charge in [-0.25, -0.2) is 0 Å². The Morgan fingerprint density at radius 2 is 2.25 bits per heavy atom. The maximum absolute atomic E-state index is 12.4. The van der Waals surface area contributed by atoms with Crippen LogP contribution >= 0.6 is 0 Å². The molecule has 1 heterocycles. The molecule has 1 aliphatic heterocycles. The third-order valence-electron chi connectivity index (χ3n) is 3.88. The molecule has 4 heteroatoms. The Kier molecular flexibility index (Phi) is 5.01. The molecule has 0 spiro atoms. The zero-order valence-corrected chi connectivity index (χ0v) is 12.3. The smallest absolute Gasteiger partial charge is 0.223 e. The van der Waals surface area contributed by atoms with Crippen LogP contribution in [0.15, 0.2) is 24.3 Å². The van der Waals surface area contributed by atoms with E-state index in [1.807, 2.05) is 30.0 Å². The summed E-state index contributed by atoms with van der Waals surface area (Å²) in [5, 5.41) is 0. The van der Waals surface area contributed by atoms with E-state index in [4.69, 9.17) is 10.5 Å². The molecule has 1 amide bonds. The van der Waals surface area contributed by atoms with Crippen molar-refractivity contribution in [2.24, 2.45) is 5.73 Å². The van der Waals surface area contributed by atoms with Gasteiger partial charge in [0.05, 0.1) is 13.2 Å². The fourth-order valence-corrected chi connectivity index (χ4v) is 2.83. The van der Waals surface area contributed by atoms with Crippen LogP contribution in [0.5, 0.6) is 5.75 Å². The minimum atomic E-state index is 0.0752. The summed E-state index contributed by atoms with van der Waals surface area (Å²) in [6.07, 6.45) is 3.33. The molecule has 2 rings (SSSR count). The van der Waals surface area contributed by atoms with Gasteiger partial charge in [-0.3, -0.25) is 4.79 Å². The van der Waals surface area contributed by atoms with E-state index in [0.717, 1.165) is 37.1 Å². The van der Waals surface area contributed by atoms with Crippen LogP contribution in [0.1, 0.15) is 44.2 Å².